The van der Waals surface area contributed by atoms with Gasteiger partial charge in [-0.2, -0.15) is 0 Å². The molecule has 19 heavy (non-hydrogen) atoms. The number of benzene rings is 1. The molecule has 1 unspecified atom stereocenters. The number of ether oxygens (including phenoxy) is 1. The van der Waals surface area contributed by atoms with Crippen LogP contribution in [-0.2, 0) is 9.53 Å². The van der Waals surface area contributed by atoms with Crippen LogP contribution in [0, 0.1) is 0 Å². The first kappa shape index (κ1) is 14.0. The van der Waals surface area contributed by atoms with Crippen LogP contribution in [0.5, 0.6) is 0 Å². The zero-order valence-electron chi connectivity index (χ0n) is 11.5. The SMILES string of the molecule is CC(C)c1ccccc1N1C(=O)COCC1CCO. The zero-order chi connectivity index (χ0) is 13.8. The summed E-state index contributed by atoms with van der Waals surface area (Å²) in [6.07, 6.45) is 0.540. The number of nitrogens with zero attached hydrogens (tertiary/aromatic N) is 1. The van der Waals surface area contributed by atoms with Crippen molar-refractivity contribution in [3.63, 3.8) is 0 Å². The molecule has 4 heteroatoms. The molecule has 0 bridgehead atoms. The number of para-hydroxylation sites is 1. The Kier molecular flexibility index (Phi) is 4.56. The van der Waals surface area contributed by atoms with Gasteiger partial charge in [0.2, 0.25) is 0 Å². The van der Waals surface area contributed by atoms with Crippen LogP contribution in [0.3, 0.4) is 0 Å². The first-order valence-electron chi connectivity index (χ1n) is 6.74. The highest BCUT2D eigenvalue weighted by atomic mass is 16.5. The van der Waals surface area contributed by atoms with E-state index in [0.717, 1.165) is 11.3 Å². The van der Waals surface area contributed by atoms with Crippen LogP contribution in [0.4, 0.5) is 5.69 Å². The summed E-state index contributed by atoms with van der Waals surface area (Å²) in [7, 11) is 0. The van der Waals surface area contributed by atoms with Gasteiger partial charge in [-0.25, -0.2) is 0 Å². The summed E-state index contributed by atoms with van der Waals surface area (Å²) < 4.78 is 5.30. The summed E-state index contributed by atoms with van der Waals surface area (Å²) in [5.41, 5.74) is 2.10. The molecule has 0 aromatic heterocycles. The average molecular weight is 263 g/mol. The normalized spacial score (nSPS) is 20.1. The van der Waals surface area contributed by atoms with Gasteiger partial charge in [0.1, 0.15) is 6.61 Å². The van der Waals surface area contributed by atoms with Crippen molar-refractivity contribution in [2.24, 2.45) is 0 Å². The van der Waals surface area contributed by atoms with Gasteiger partial charge in [-0.05, 0) is 24.0 Å². The standard InChI is InChI=1S/C15H21NO3/c1-11(2)13-5-3-4-6-14(13)16-12(7-8-17)9-19-10-15(16)18/h3-6,11-12,17H,7-10H2,1-2H3. The number of carbonyl (C=O) groups is 1. The maximum atomic E-state index is 12.2. The Hall–Kier alpha value is -1.39. The fraction of sp³-hybridized carbons (Fsp3) is 0.533. The summed E-state index contributed by atoms with van der Waals surface area (Å²) in [6.45, 7) is 4.89. The Bertz CT molecular complexity index is 443. The number of morpholine rings is 1. The zero-order valence-corrected chi connectivity index (χ0v) is 11.5. The van der Waals surface area contributed by atoms with Gasteiger partial charge >= 0.3 is 0 Å². The van der Waals surface area contributed by atoms with Gasteiger partial charge in [0, 0.05) is 12.3 Å². The highest BCUT2D eigenvalue weighted by Gasteiger charge is 2.31. The smallest absolute Gasteiger partial charge is 0.253 e. The van der Waals surface area contributed by atoms with E-state index in [9.17, 15) is 4.79 Å². The molecular weight excluding hydrogens is 242 g/mol. The number of hydrogen-bond acceptors (Lipinski definition) is 3. The van der Waals surface area contributed by atoms with Crippen molar-refractivity contribution in [2.45, 2.75) is 32.2 Å². The Labute approximate surface area is 114 Å². The first-order chi connectivity index (χ1) is 9.15. The molecule has 1 atom stereocenters. The van der Waals surface area contributed by atoms with E-state index >= 15 is 0 Å². The molecule has 1 aromatic rings. The number of carbonyl (C=O) groups excluding carboxylic acids is 1. The van der Waals surface area contributed by atoms with E-state index < -0.39 is 0 Å². The molecule has 0 aliphatic carbocycles. The summed E-state index contributed by atoms with van der Waals surface area (Å²) in [4.78, 5) is 14.0. The second-order valence-corrected chi connectivity index (χ2v) is 5.16. The predicted molar refractivity (Wildman–Crippen MR) is 74.3 cm³/mol. The van der Waals surface area contributed by atoms with Gasteiger partial charge in [0.05, 0.1) is 12.6 Å². The van der Waals surface area contributed by atoms with Gasteiger partial charge in [-0.1, -0.05) is 32.0 Å². The van der Waals surface area contributed by atoms with Crippen molar-refractivity contribution in [3.05, 3.63) is 29.8 Å². The van der Waals surface area contributed by atoms with Gasteiger partial charge in [-0.3, -0.25) is 4.79 Å². The number of rotatable bonds is 4. The highest BCUT2D eigenvalue weighted by Crippen LogP contribution is 2.30. The molecule has 1 heterocycles. The van der Waals surface area contributed by atoms with Crippen LogP contribution in [0.25, 0.3) is 0 Å². The molecule has 1 aromatic carbocycles. The predicted octanol–water partition coefficient (Wildman–Crippen LogP) is 1.92. The Morgan fingerprint density at radius 1 is 1.42 bits per heavy atom. The van der Waals surface area contributed by atoms with Crippen molar-refractivity contribution < 1.29 is 14.6 Å². The van der Waals surface area contributed by atoms with E-state index in [-0.39, 0.29) is 25.2 Å². The Balaban J connectivity index is 2.38. The van der Waals surface area contributed by atoms with Crippen LogP contribution in [0.15, 0.2) is 24.3 Å². The fourth-order valence-corrected chi connectivity index (χ4v) is 2.52. The van der Waals surface area contributed by atoms with Crippen LogP contribution in [0.2, 0.25) is 0 Å². The van der Waals surface area contributed by atoms with Crippen molar-refractivity contribution in [1.29, 1.82) is 0 Å². The minimum absolute atomic E-state index is 0.0298. The third-order valence-electron chi connectivity index (χ3n) is 3.45. The summed E-state index contributed by atoms with van der Waals surface area (Å²) >= 11 is 0. The molecule has 1 amide bonds. The summed E-state index contributed by atoms with van der Waals surface area (Å²) in [5, 5.41) is 9.15. The van der Waals surface area contributed by atoms with Gasteiger partial charge < -0.3 is 14.7 Å². The Morgan fingerprint density at radius 3 is 2.84 bits per heavy atom. The highest BCUT2D eigenvalue weighted by molar-refractivity contribution is 5.96. The summed E-state index contributed by atoms with van der Waals surface area (Å²) in [5.74, 6) is 0.319. The quantitative estimate of drug-likeness (QED) is 0.903. The van der Waals surface area contributed by atoms with Crippen LogP contribution in [-0.4, -0.2) is 36.9 Å². The molecule has 2 rings (SSSR count). The third-order valence-corrected chi connectivity index (χ3v) is 3.45. The van der Waals surface area contributed by atoms with Crippen LogP contribution >= 0.6 is 0 Å². The lowest BCUT2D eigenvalue weighted by molar-refractivity contribution is -0.127. The van der Waals surface area contributed by atoms with E-state index in [1.165, 1.54) is 0 Å². The second kappa shape index (κ2) is 6.17. The molecule has 1 aliphatic rings. The van der Waals surface area contributed by atoms with E-state index in [2.05, 4.69) is 19.9 Å². The maximum absolute atomic E-state index is 12.2. The lowest BCUT2D eigenvalue weighted by Crippen LogP contribution is -2.50. The number of aliphatic hydroxyl groups is 1. The molecule has 1 fully saturated rings. The number of anilines is 1. The van der Waals surface area contributed by atoms with Crippen molar-refractivity contribution >= 4 is 11.6 Å². The number of amides is 1. The van der Waals surface area contributed by atoms with E-state index in [1.807, 2.05) is 18.2 Å². The second-order valence-electron chi connectivity index (χ2n) is 5.16. The van der Waals surface area contributed by atoms with Crippen molar-refractivity contribution in [1.82, 2.24) is 0 Å². The van der Waals surface area contributed by atoms with Crippen LogP contribution in [0.1, 0.15) is 31.7 Å². The molecule has 0 radical (unpaired) electrons. The van der Waals surface area contributed by atoms with Gasteiger partial charge in [0.15, 0.2) is 0 Å². The van der Waals surface area contributed by atoms with Gasteiger partial charge in [0.25, 0.3) is 5.91 Å². The van der Waals surface area contributed by atoms with Crippen molar-refractivity contribution in [2.75, 3.05) is 24.7 Å². The number of aliphatic hydroxyl groups excluding tert-OH is 1. The first-order valence-corrected chi connectivity index (χ1v) is 6.74. The number of hydrogen-bond donors (Lipinski definition) is 1. The molecular formula is C15H21NO3. The molecule has 1 aliphatic heterocycles. The molecule has 1 saturated heterocycles. The van der Waals surface area contributed by atoms with E-state index in [1.54, 1.807) is 4.90 Å². The molecule has 0 saturated carbocycles. The van der Waals surface area contributed by atoms with Crippen LogP contribution < -0.4 is 4.90 Å². The molecule has 0 spiro atoms. The lowest BCUT2D eigenvalue weighted by atomic mass is 9.98. The lowest BCUT2D eigenvalue weighted by Gasteiger charge is -2.37. The van der Waals surface area contributed by atoms with E-state index in [0.29, 0.717) is 18.9 Å². The third kappa shape index (κ3) is 2.96. The molecule has 104 valence electrons. The molecule has 1 N–H and O–H groups in total. The average Bonchev–Trinajstić information content (AvgIpc) is 2.39. The largest absolute Gasteiger partial charge is 0.396 e. The topological polar surface area (TPSA) is 49.8 Å². The van der Waals surface area contributed by atoms with Crippen molar-refractivity contribution in [3.8, 4) is 0 Å². The minimum atomic E-state index is -0.0776. The molecule has 4 nitrogen and oxygen atoms in total. The summed E-state index contributed by atoms with van der Waals surface area (Å²) in [6, 6.07) is 7.89. The Morgan fingerprint density at radius 2 is 2.16 bits per heavy atom. The van der Waals surface area contributed by atoms with E-state index in [4.69, 9.17) is 9.84 Å². The monoisotopic (exact) mass is 263 g/mol. The van der Waals surface area contributed by atoms with Gasteiger partial charge in [-0.15, -0.1) is 0 Å². The minimum Gasteiger partial charge on any atom is -0.396 e. The maximum Gasteiger partial charge on any atom is 0.253 e. The fourth-order valence-electron chi connectivity index (χ4n) is 2.52.